The number of benzene rings is 1. The third-order valence-electron chi connectivity index (χ3n) is 4.72. The van der Waals surface area contributed by atoms with E-state index in [9.17, 15) is 24.9 Å². The molecule has 2 rings (SSSR count). The molecule has 1 aliphatic heterocycles. The highest BCUT2D eigenvalue weighted by molar-refractivity contribution is 5.97. The highest BCUT2D eigenvalue weighted by atomic mass is 16.5. The van der Waals surface area contributed by atoms with E-state index in [4.69, 9.17) is 9.84 Å². The van der Waals surface area contributed by atoms with Gasteiger partial charge in [-0.1, -0.05) is 25.2 Å². The Morgan fingerprint density at radius 3 is 2.59 bits per heavy atom. The second kappa shape index (κ2) is 10.2. The summed E-state index contributed by atoms with van der Waals surface area (Å²) in [5.41, 5.74) is 0.770. The molecule has 1 aromatic rings. The van der Waals surface area contributed by atoms with Crippen molar-refractivity contribution >= 4 is 23.5 Å². The number of aliphatic hydroxyl groups is 3. The van der Waals surface area contributed by atoms with Gasteiger partial charge in [-0.2, -0.15) is 0 Å². The van der Waals surface area contributed by atoms with Crippen LogP contribution in [0.25, 0.3) is 6.08 Å². The van der Waals surface area contributed by atoms with Crippen molar-refractivity contribution < 1.29 is 34.8 Å². The first kappa shape index (κ1) is 22.6. The molecule has 0 aliphatic carbocycles. The quantitative estimate of drug-likeness (QED) is 0.474. The van der Waals surface area contributed by atoms with Crippen LogP contribution >= 0.6 is 0 Å². The van der Waals surface area contributed by atoms with Gasteiger partial charge in [0.2, 0.25) is 0 Å². The number of hydrogen-bond donors (Lipinski definition) is 5. The average Bonchev–Trinajstić information content (AvgIpc) is 2.68. The molecule has 0 spiro atoms. The summed E-state index contributed by atoms with van der Waals surface area (Å²) in [6, 6.07) is 2.95. The lowest BCUT2D eigenvalue weighted by Crippen LogP contribution is -2.32. The van der Waals surface area contributed by atoms with Gasteiger partial charge in [-0.3, -0.25) is 4.79 Å². The Morgan fingerprint density at radius 1 is 1.17 bits per heavy atom. The Hall–Kier alpha value is -2.68. The summed E-state index contributed by atoms with van der Waals surface area (Å²) >= 11 is 0. The van der Waals surface area contributed by atoms with Crippen LogP contribution in [0.2, 0.25) is 0 Å². The van der Waals surface area contributed by atoms with E-state index in [1.165, 1.54) is 30.4 Å². The van der Waals surface area contributed by atoms with Gasteiger partial charge in [0.25, 0.3) is 0 Å². The second-order valence-electron chi connectivity index (χ2n) is 6.99. The number of phenols is 1. The van der Waals surface area contributed by atoms with Gasteiger partial charge >= 0.3 is 5.97 Å². The molecule has 0 fully saturated rings. The minimum atomic E-state index is -1.57. The maximum Gasteiger partial charge on any atom is 0.342 e. The van der Waals surface area contributed by atoms with Crippen molar-refractivity contribution in [2.45, 2.75) is 38.6 Å². The average molecular weight is 405 g/mol. The van der Waals surface area contributed by atoms with Crippen molar-refractivity contribution in [3.63, 3.8) is 0 Å². The van der Waals surface area contributed by atoms with Gasteiger partial charge in [0.15, 0.2) is 5.78 Å². The summed E-state index contributed by atoms with van der Waals surface area (Å²) in [5.74, 6) is -2.01. The van der Waals surface area contributed by atoms with E-state index in [0.29, 0.717) is 11.3 Å². The molecular weight excluding hydrogens is 378 g/mol. The minimum Gasteiger partial charge on any atom is -0.507 e. The van der Waals surface area contributed by atoms with Crippen LogP contribution in [0.1, 0.15) is 36.2 Å². The van der Waals surface area contributed by atoms with E-state index in [0.717, 1.165) is 0 Å². The molecule has 0 saturated heterocycles. The number of fused-ring (bicyclic) bond motifs is 1. The molecule has 1 heterocycles. The van der Waals surface area contributed by atoms with Crippen LogP contribution in [0, 0.1) is 5.92 Å². The number of rotatable bonds is 3. The molecule has 0 amide bonds. The number of carbonyl (C=O) groups excluding carboxylic acids is 2. The fraction of sp³-hybridized carbons (Fsp3) is 0.429. The Labute approximate surface area is 169 Å². The zero-order valence-electron chi connectivity index (χ0n) is 16.4. The number of aliphatic hydroxyl groups excluding tert-OH is 3. The number of nitrogens with one attached hydrogen (secondary N) is 1. The molecule has 4 atom stereocenters. The van der Waals surface area contributed by atoms with Crippen molar-refractivity contribution in [3.05, 3.63) is 41.5 Å². The summed E-state index contributed by atoms with van der Waals surface area (Å²) in [4.78, 5) is 24.7. The SMILES string of the molecule is C[C@@H]1/C=C\C(=O)C(O)[C@@H](O)C/C=C/c2cc(NCCO)cc(O)c2C(=O)O[C@H]1C. The van der Waals surface area contributed by atoms with Crippen LogP contribution in [0.3, 0.4) is 0 Å². The number of esters is 1. The third-order valence-corrected chi connectivity index (χ3v) is 4.72. The first-order chi connectivity index (χ1) is 13.7. The monoisotopic (exact) mass is 405 g/mol. The van der Waals surface area contributed by atoms with E-state index in [1.807, 2.05) is 0 Å². The van der Waals surface area contributed by atoms with E-state index >= 15 is 0 Å². The summed E-state index contributed by atoms with van der Waals surface area (Å²) < 4.78 is 5.45. The number of hydrogen-bond acceptors (Lipinski definition) is 8. The second-order valence-corrected chi connectivity index (χ2v) is 6.99. The maximum absolute atomic E-state index is 12.7. The molecule has 0 bridgehead atoms. The fourth-order valence-corrected chi connectivity index (χ4v) is 2.79. The van der Waals surface area contributed by atoms with Crippen LogP contribution in [-0.2, 0) is 9.53 Å². The summed E-state index contributed by atoms with van der Waals surface area (Å²) in [7, 11) is 0. The highest BCUT2D eigenvalue weighted by Crippen LogP contribution is 2.29. The molecule has 1 aromatic carbocycles. The zero-order chi connectivity index (χ0) is 21.6. The van der Waals surface area contributed by atoms with E-state index in [2.05, 4.69) is 5.32 Å². The Kier molecular flexibility index (Phi) is 7.95. The molecule has 29 heavy (non-hydrogen) atoms. The molecule has 8 nitrogen and oxygen atoms in total. The number of cyclic esters (lactones) is 1. The number of ether oxygens (including phenoxy) is 1. The van der Waals surface area contributed by atoms with Gasteiger partial charge in [0.1, 0.15) is 23.5 Å². The van der Waals surface area contributed by atoms with Crippen LogP contribution in [0.5, 0.6) is 5.75 Å². The maximum atomic E-state index is 12.7. The molecule has 8 heteroatoms. The fourth-order valence-electron chi connectivity index (χ4n) is 2.79. The van der Waals surface area contributed by atoms with Crippen molar-refractivity contribution in [2.24, 2.45) is 5.92 Å². The van der Waals surface area contributed by atoms with Crippen LogP contribution < -0.4 is 5.32 Å². The minimum absolute atomic E-state index is 0.0398. The first-order valence-corrected chi connectivity index (χ1v) is 9.42. The van der Waals surface area contributed by atoms with Crippen molar-refractivity contribution in [1.82, 2.24) is 0 Å². The van der Waals surface area contributed by atoms with E-state index in [-0.39, 0.29) is 36.8 Å². The Balaban J connectivity index is 2.47. The van der Waals surface area contributed by atoms with E-state index in [1.54, 1.807) is 19.9 Å². The lowest BCUT2D eigenvalue weighted by Gasteiger charge is -2.20. The Morgan fingerprint density at radius 2 is 1.90 bits per heavy atom. The largest absolute Gasteiger partial charge is 0.507 e. The summed E-state index contributed by atoms with van der Waals surface area (Å²) in [6.45, 7) is 3.52. The molecule has 1 unspecified atom stereocenters. The predicted octanol–water partition coefficient (Wildman–Crippen LogP) is 1.24. The van der Waals surface area contributed by atoms with Crippen molar-refractivity contribution in [3.8, 4) is 5.75 Å². The standard InChI is InChI=1S/C21H27NO7/c1-12-6-7-17(25)20(27)16(24)5-3-4-14-10-15(22-8-9-23)11-18(26)19(14)21(28)29-13(12)2/h3-4,6-7,10-13,16,20,22-24,26-27H,5,8-9H2,1-2H3/b4-3+,7-6-/t12-,13+,16+,20?/m1/s1. The van der Waals surface area contributed by atoms with Gasteiger partial charge in [0.05, 0.1) is 12.7 Å². The first-order valence-electron chi connectivity index (χ1n) is 9.42. The topological polar surface area (TPSA) is 136 Å². The van der Waals surface area contributed by atoms with Gasteiger partial charge in [0, 0.05) is 24.2 Å². The number of anilines is 1. The van der Waals surface area contributed by atoms with Crippen LogP contribution in [0.4, 0.5) is 5.69 Å². The smallest absolute Gasteiger partial charge is 0.342 e. The van der Waals surface area contributed by atoms with E-state index < -0.39 is 30.1 Å². The zero-order valence-corrected chi connectivity index (χ0v) is 16.4. The van der Waals surface area contributed by atoms with Gasteiger partial charge in [-0.15, -0.1) is 0 Å². The van der Waals surface area contributed by atoms with Crippen LogP contribution in [-0.4, -0.2) is 63.6 Å². The molecule has 0 radical (unpaired) electrons. The lowest BCUT2D eigenvalue weighted by molar-refractivity contribution is -0.127. The number of phenolic OH excluding ortho intramolecular Hbond substituents is 1. The normalized spacial score (nSPS) is 28.0. The molecule has 1 aliphatic rings. The molecular formula is C21H27NO7. The van der Waals surface area contributed by atoms with Gasteiger partial charge in [-0.05, 0) is 31.1 Å². The summed E-state index contributed by atoms with van der Waals surface area (Å²) in [5, 5.41) is 42.3. The molecule has 158 valence electrons. The number of aromatic hydroxyl groups is 1. The molecule has 0 aromatic heterocycles. The van der Waals surface area contributed by atoms with Crippen molar-refractivity contribution in [1.29, 1.82) is 0 Å². The highest BCUT2D eigenvalue weighted by Gasteiger charge is 2.25. The van der Waals surface area contributed by atoms with Gasteiger partial charge < -0.3 is 30.5 Å². The third kappa shape index (κ3) is 5.90. The van der Waals surface area contributed by atoms with Crippen LogP contribution in [0.15, 0.2) is 30.4 Å². The number of ketones is 1. The Bertz CT molecular complexity index is 802. The van der Waals surface area contributed by atoms with Crippen molar-refractivity contribution in [2.75, 3.05) is 18.5 Å². The predicted molar refractivity (Wildman–Crippen MR) is 108 cm³/mol. The lowest BCUT2D eigenvalue weighted by atomic mass is 9.99. The number of carbonyl (C=O) groups is 2. The van der Waals surface area contributed by atoms with Gasteiger partial charge in [-0.25, -0.2) is 4.79 Å². The molecule has 0 saturated carbocycles. The summed E-state index contributed by atoms with van der Waals surface area (Å²) in [6.07, 6.45) is 2.10. The molecule has 5 N–H and O–H groups in total.